The van der Waals surface area contributed by atoms with Gasteiger partial charge >= 0.3 is 30.1 Å². The van der Waals surface area contributed by atoms with E-state index in [1.165, 1.54) is 0 Å². The van der Waals surface area contributed by atoms with Crippen LogP contribution in [-0.2, 0) is 30.4 Å². The molecule has 11 nitrogen and oxygen atoms in total. The topological polar surface area (TPSA) is 167 Å². The number of aromatic nitrogens is 2. The van der Waals surface area contributed by atoms with Crippen LogP contribution in [0, 0.1) is 0 Å². The van der Waals surface area contributed by atoms with Crippen molar-refractivity contribution in [1.29, 1.82) is 0 Å². The molecule has 4 N–H and O–H groups in total. The first kappa shape index (κ1) is 30.5. The number of aliphatic carboxylic acids is 1. The van der Waals surface area contributed by atoms with E-state index in [9.17, 15) is 55.4 Å². The molecule has 1 aromatic rings. The molecule has 2 atom stereocenters. The highest BCUT2D eigenvalue weighted by molar-refractivity contribution is 6.08. The monoisotopic (exact) mass is 531 g/mol. The fraction of sp³-hybridized carbons (Fsp3) is 0.579. The molecule has 0 aliphatic heterocycles. The minimum atomic E-state index is -5.83. The van der Waals surface area contributed by atoms with Crippen molar-refractivity contribution in [3.63, 3.8) is 0 Å². The molecule has 0 aliphatic carbocycles. The van der Waals surface area contributed by atoms with E-state index in [2.05, 4.69) is 9.97 Å². The van der Waals surface area contributed by atoms with Crippen molar-refractivity contribution in [2.24, 2.45) is 5.73 Å². The molecule has 0 radical (unpaired) electrons. The number of hydrogen-bond acceptors (Lipinski definition) is 7. The van der Waals surface area contributed by atoms with Crippen molar-refractivity contribution in [1.82, 2.24) is 19.8 Å². The summed E-state index contributed by atoms with van der Waals surface area (Å²) in [7, 11) is 0. The zero-order valence-corrected chi connectivity index (χ0v) is 18.7. The number of carbonyl (C=O) groups excluding carboxylic acids is 4. The maximum Gasteiger partial charge on any atom is 0.471 e. The number of H-pyrrole nitrogens is 1. The minimum Gasteiger partial charge on any atom is -0.480 e. The van der Waals surface area contributed by atoms with Crippen LogP contribution in [0.4, 0.5) is 26.3 Å². The van der Waals surface area contributed by atoms with Gasteiger partial charge in [-0.1, -0.05) is 6.92 Å². The van der Waals surface area contributed by atoms with Crippen molar-refractivity contribution in [3.05, 3.63) is 18.2 Å². The number of imide groups is 2. The Morgan fingerprint density at radius 3 is 1.97 bits per heavy atom. The molecule has 2 unspecified atom stereocenters. The molecule has 0 saturated carbocycles. The van der Waals surface area contributed by atoms with Gasteiger partial charge in [0.05, 0.1) is 12.0 Å². The fourth-order valence-corrected chi connectivity index (χ4v) is 3.16. The molecular formula is C19H23F6N5O6. The Labute approximate surface area is 199 Å². The van der Waals surface area contributed by atoms with Crippen LogP contribution in [0.5, 0.6) is 0 Å². The van der Waals surface area contributed by atoms with Gasteiger partial charge < -0.3 is 15.8 Å². The van der Waals surface area contributed by atoms with Crippen molar-refractivity contribution in [2.75, 3.05) is 6.54 Å². The van der Waals surface area contributed by atoms with Gasteiger partial charge in [-0.3, -0.25) is 29.0 Å². The maximum atomic E-state index is 13.4. The van der Waals surface area contributed by atoms with Gasteiger partial charge in [0.1, 0.15) is 12.1 Å². The standard InChI is InChI=1S/C19H23F6N5O6/c1-2-13(31)29(16(35)18(20,21)22)12(7-10-8-27-9-28-10)14(32)30(17(36)19(23,24)25)11(15(33)34)5-3-4-6-26/h8-9,11-12H,2-7,26H2,1H3,(H,27,28)(H,33,34). The van der Waals surface area contributed by atoms with Crippen LogP contribution in [-0.4, -0.2) is 85.5 Å². The van der Waals surface area contributed by atoms with Crippen LogP contribution in [0.3, 0.4) is 0 Å². The Balaban J connectivity index is 3.76. The van der Waals surface area contributed by atoms with Gasteiger partial charge in [-0.05, 0) is 25.8 Å². The third-order valence-electron chi connectivity index (χ3n) is 4.81. The second-order valence-electron chi connectivity index (χ2n) is 7.35. The number of carboxylic acid groups (broad SMARTS) is 1. The molecule has 0 spiro atoms. The van der Waals surface area contributed by atoms with E-state index in [0.29, 0.717) is 0 Å². The second kappa shape index (κ2) is 12.5. The maximum absolute atomic E-state index is 13.4. The number of nitrogens with one attached hydrogen (secondary N) is 1. The lowest BCUT2D eigenvalue weighted by Crippen LogP contribution is -2.62. The van der Waals surface area contributed by atoms with Crippen LogP contribution in [0.2, 0.25) is 0 Å². The summed E-state index contributed by atoms with van der Waals surface area (Å²) < 4.78 is 80.0. The SMILES string of the molecule is CCC(=O)N(C(=O)C(F)(F)F)C(Cc1c[nH]cn1)C(=O)N(C(=O)C(F)(F)F)C(CCCCN)C(=O)O. The number of rotatable bonds is 11. The quantitative estimate of drug-likeness (QED) is 0.282. The number of unbranched alkanes of at least 4 members (excludes halogenated alkanes) is 1. The summed E-state index contributed by atoms with van der Waals surface area (Å²) in [6, 6.07) is -5.17. The Bertz CT molecular complexity index is 950. The van der Waals surface area contributed by atoms with Gasteiger partial charge in [0.15, 0.2) is 0 Å². The zero-order chi connectivity index (χ0) is 27.8. The van der Waals surface area contributed by atoms with Crippen LogP contribution >= 0.6 is 0 Å². The molecule has 36 heavy (non-hydrogen) atoms. The summed E-state index contributed by atoms with van der Waals surface area (Å²) in [6.45, 7) is 0.995. The van der Waals surface area contributed by atoms with E-state index in [4.69, 9.17) is 5.73 Å². The minimum absolute atomic E-state index is 0.0197. The van der Waals surface area contributed by atoms with Crippen molar-refractivity contribution in [3.8, 4) is 0 Å². The first-order valence-electron chi connectivity index (χ1n) is 10.4. The third-order valence-corrected chi connectivity index (χ3v) is 4.81. The Kier molecular flexibility index (Phi) is 10.6. The molecule has 0 fully saturated rings. The molecule has 4 amide bonds. The number of amides is 4. The zero-order valence-electron chi connectivity index (χ0n) is 18.7. The number of carboxylic acids is 1. The van der Waals surface area contributed by atoms with E-state index < -0.39 is 83.1 Å². The lowest BCUT2D eigenvalue weighted by atomic mass is 10.0. The summed E-state index contributed by atoms with van der Waals surface area (Å²) in [5.41, 5.74) is 5.00. The van der Waals surface area contributed by atoms with Gasteiger partial charge in [0.2, 0.25) is 5.91 Å². The number of aromatic amines is 1. The predicted octanol–water partition coefficient (Wildman–Crippen LogP) is 1.15. The molecule has 1 rings (SSSR count). The summed E-state index contributed by atoms with van der Waals surface area (Å²) in [5.74, 6) is -11.7. The fourth-order valence-electron chi connectivity index (χ4n) is 3.16. The summed E-state index contributed by atoms with van der Waals surface area (Å²) >= 11 is 0. The first-order chi connectivity index (χ1) is 16.6. The van der Waals surface area contributed by atoms with Gasteiger partial charge in [-0.25, -0.2) is 9.78 Å². The van der Waals surface area contributed by atoms with Gasteiger partial charge in [-0.2, -0.15) is 26.3 Å². The second-order valence-corrected chi connectivity index (χ2v) is 7.35. The summed E-state index contributed by atoms with van der Waals surface area (Å²) in [6.07, 6.45) is -12.3. The highest BCUT2D eigenvalue weighted by Gasteiger charge is 2.54. The van der Waals surface area contributed by atoms with Crippen molar-refractivity contribution < 1.29 is 55.4 Å². The van der Waals surface area contributed by atoms with Crippen molar-refractivity contribution in [2.45, 2.75) is 63.5 Å². The number of nitrogens with two attached hydrogens (primary N) is 1. The number of alkyl halides is 6. The van der Waals surface area contributed by atoms with Crippen LogP contribution < -0.4 is 5.73 Å². The van der Waals surface area contributed by atoms with E-state index >= 15 is 0 Å². The average Bonchev–Trinajstić information content (AvgIpc) is 3.29. The number of hydrogen-bond donors (Lipinski definition) is 3. The normalized spacial score (nSPS) is 13.6. The summed E-state index contributed by atoms with van der Waals surface area (Å²) in [5, 5.41) is 9.49. The Morgan fingerprint density at radius 2 is 1.56 bits per heavy atom. The molecule has 1 aromatic heterocycles. The molecule has 0 aromatic carbocycles. The first-order valence-corrected chi connectivity index (χ1v) is 10.4. The third kappa shape index (κ3) is 7.76. The van der Waals surface area contributed by atoms with Crippen molar-refractivity contribution >= 4 is 29.6 Å². The highest BCUT2D eigenvalue weighted by atomic mass is 19.4. The molecule has 0 bridgehead atoms. The van der Waals surface area contributed by atoms with Crippen LogP contribution in [0.25, 0.3) is 0 Å². The molecule has 1 heterocycles. The summed E-state index contributed by atoms with van der Waals surface area (Å²) in [4.78, 5) is 66.3. The number of carbonyl (C=O) groups is 5. The largest absolute Gasteiger partial charge is 0.480 e. The number of halogens is 6. The van der Waals surface area contributed by atoms with E-state index in [0.717, 1.165) is 19.4 Å². The Hall–Kier alpha value is -3.50. The average molecular weight is 531 g/mol. The predicted molar refractivity (Wildman–Crippen MR) is 107 cm³/mol. The molecular weight excluding hydrogens is 508 g/mol. The molecule has 202 valence electrons. The molecule has 17 heteroatoms. The molecule has 0 saturated heterocycles. The van der Waals surface area contributed by atoms with Gasteiger partial charge in [-0.15, -0.1) is 0 Å². The number of nitrogens with zero attached hydrogens (tertiary/aromatic N) is 3. The van der Waals surface area contributed by atoms with E-state index in [1.807, 2.05) is 0 Å². The number of imidazole rings is 1. The van der Waals surface area contributed by atoms with Gasteiger partial charge in [0.25, 0.3) is 5.91 Å². The van der Waals surface area contributed by atoms with Crippen LogP contribution in [0.1, 0.15) is 38.3 Å². The highest BCUT2D eigenvalue weighted by Crippen LogP contribution is 2.27. The van der Waals surface area contributed by atoms with Gasteiger partial charge in [0, 0.05) is 19.0 Å². The van der Waals surface area contributed by atoms with E-state index in [-0.39, 0.29) is 25.1 Å². The van der Waals surface area contributed by atoms with E-state index in [1.54, 1.807) is 0 Å². The van der Waals surface area contributed by atoms with Crippen LogP contribution in [0.15, 0.2) is 12.5 Å². The smallest absolute Gasteiger partial charge is 0.471 e. The molecule has 0 aliphatic rings. The lowest BCUT2D eigenvalue weighted by molar-refractivity contribution is -0.197. The lowest BCUT2D eigenvalue weighted by Gasteiger charge is -2.35. The Morgan fingerprint density at radius 1 is 1.00 bits per heavy atom.